The predicted octanol–water partition coefficient (Wildman–Crippen LogP) is 5.41. The lowest BCUT2D eigenvalue weighted by atomic mass is 9.74. The molecule has 162 valence electrons. The number of rotatable bonds is 7. The molecule has 0 heterocycles. The second-order valence-corrected chi connectivity index (χ2v) is 8.42. The van der Waals surface area contributed by atoms with Crippen LogP contribution >= 0.6 is 0 Å². The molecule has 2 aromatic carbocycles. The number of benzene rings is 2. The Bertz CT molecular complexity index is 916. The van der Waals surface area contributed by atoms with Crippen molar-refractivity contribution in [2.45, 2.75) is 52.9 Å². The first-order valence-electron chi connectivity index (χ1n) is 10.8. The molecule has 0 unspecified atom stereocenters. The fourth-order valence-electron chi connectivity index (χ4n) is 4.72. The second kappa shape index (κ2) is 9.55. The van der Waals surface area contributed by atoms with Crippen molar-refractivity contribution < 1.29 is 19.0 Å². The quantitative estimate of drug-likeness (QED) is 0.612. The Morgan fingerprint density at radius 1 is 0.767 bits per heavy atom. The van der Waals surface area contributed by atoms with Crippen molar-refractivity contribution in [2.75, 3.05) is 21.3 Å². The van der Waals surface area contributed by atoms with Gasteiger partial charge in [0.05, 0.1) is 21.3 Å². The zero-order chi connectivity index (χ0) is 21.8. The summed E-state index contributed by atoms with van der Waals surface area (Å²) < 4.78 is 16.5. The number of methoxy groups -OCH3 is 3. The van der Waals surface area contributed by atoms with Crippen LogP contribution in [0.15, 0.2) is 24.3 Å². The van der Waals surface area contributed by atoms with Gasteiger partial charge in [0.2, 0.25) is 5.75 Å². The van der Waals surface area contributed by atoms with E-state index in [2.05, 4.69) is 32.9 Å². The van der Waals surface area contributed by atoms with Crippen LogP contribution in [0.25, 0.3) is 0 Å². The number of hydrogen-bond donors (Lipinski definition) is 0. The Hall–Kier alpha value is -2.49. The number of ketones is 1. The minimum Gasteiger partial charge on any atom is -0.493 e. The summed E-state index contributed by atoms with van der Waals surface area (Å²) in [4.78, 5) is 13.4. The molecule has 4 heteroatoms. The molecule has 0 saturated heterocycles. The van der Waals surface area contributed by atoms with Crippen molar-refractivity contribution in [3.05, 3.63) is 52.1 Å². The van der Waals surface area contributed by atoms with E-state index in [0.29, 0.717) is 29.5 Å². The maximum Gasteiger partial charge on any atom is 0.203 e. The molecule has 4 nitrogen and oxygen atoms in total. The molecule has 2 atom stereocenters. The number of hydrogen-bond acceptors (Lipinski definition) is 4. The minimum atomic E-state index is 0.0163. The van der Waals surface area contributed by atoms with Crippen molar-refractivity contribution >= 4 is 5.78 Å². The Morgan fingerprint density at radius 2 is 1.37 bits per heavy atom. The third kappa shape index (κ3) is 4.33. The summed E-state index contributed by atoms with van der Waals surface area (Å²) in [5.74, 6) is 2.38. The van der Waals surface area contributed by atoms with Gasteiger partial charge in [-0.3, -0.25) is 4.79 Å². The van der Waals surface area contributed by atoms with Gasteiger partial charge < -0.3 is 14.2 Å². The average molecular weight is 411 g/mol. The number of Topliss-reactive ketones (excluding diaryl/α,β-unsaturated/α-hetero) is 1. The fraction of sp³-hybridized carbons (Fsp3) is 0.500. The SMILES string of the molecule is COc1ccc(C[C@@H]2CCC[C@@H](Cc3ccc(C)c(C)c3C)C2=O)c(OC)c1OC. The molecule has 1 aliphatic carbocycles. The van der Waals surface area contributed by atoms with Crippen LogP contribution in [0, 0.1) is 32.6 Å². The van der Waals surface area contributed by atoms with E-state index in [4.69, 9.17) is 14.2 Å². The summed E-state index contributed by atoms with van der Waals surface area (Å²) in [6.07, 6.45) is 4.50. The van der Waals surface area contributed by atoms with Crippen LogP contribution in [0.2, 0.25) is 0 Å². The molecule has 1 saturated carbocycles. The summed E-state index contributed by atoms with van der Waals surface area (Å²) in [5, 5.41) is 0. The Kier molecular flexibility index (Phi) is 7.06. The van der Waals surface area contributed by atoms with E-state index in [9.17, 15) is 4.79 Å². The van der Waals surface area contributed by atoms with Crippen molar-refractivity contribution in [1.82, 2.24) is 0 Å². The van der Waals surface area contributed by atoms with Crippen LogP contribution in [0.4, 0.5) is 0 Å². The van der Waals surface area contributed by atoms with E-state index >= 15 is 0 Å². The van der Waals surface area contributed by atoms with Gasteiger partial charge in [0.25, 0.3) is 0 Å². The molecule has 1 fully saturated rings. The third-order valence-corrected chi connectivity index (χ3v) is 6.80. The number of carbonyl (C=O) groups excluding carboxylic acids is 1. The van der Waals surface area contributed by atoms with Crippen LogP contribution in [-0.4, -0.2) is 27.1 Å². The van der Waals surface area contributed by atoms with E-state index in [-0.39, 0.29) is 11.8 Å². The highest BCUT2D eigenvalue weighted by atomic mass is 16.5. The Balaban J connectivity index is 1.80. The summed E-state index contributed by atoms with van der Waals surface area (Å²) in [5.41, 5.74) is 6.27. The maximum absolute atomic E-state index is 13.4. The zero-order valence-electron chi connectivity index (χ0n) is 19.1. The maximum atomic E-state index is 13.4. The first-order chi connectivity index (χ1) is 14.4. The highest BCUT2D eigenvalue weighted by Gasteiger charge is 2.32. The largest absolute Gasteiger partial charge is 0.493 e. The molecule has 0 spiro atoms. The Labute approximate surface area is 180 Å². The summed E-state index contributed by atoms with van der Waals surface area (Å²) >= 11 is 0. The molecule has 0 amide bonds. The molecule has 2 aromatic rings. The minimum absolute atomic E-state index is 0.0163. The van der Waals surface area contributed by atoms with Crippen LogP contribution in [-0.2, 0) is 17.6 Å². The molecule has 30 heavy (non-hydrogen) atoms. The summed E-state index contributed by atoms with van der Waals surface area (Å²) in [7, 11) is 4.85. The van der Waals surface area contributed by atoms with Crippen molar-refractivity contribution in [3.8, 4) is 17.2 Å². The molecule has 0 aliphatic heterocycles. The first kappa shape index (κ1) is 22.2. The number of ether oxygens (including phenoxy) is 3. The number of aryl methyl sites for hydroxylation is 1. The van der Waals surface area contributed by atoms with E-state index in [0.717, 1.165) is 31.2 Å². The van der Waals surface area contributed by atoms with Crippen molar-refractivity contribution in [2.24, 2.45) is 11.8 Å². The predicted molar refractivity (Wildman–Crippen MR) is 120 cm³/mol. The topological polar surface area (TPSA) is 44.8 Å². The summed E-state index contributed by atoms with van der Waals surface area (Å²) in [6, 6.07) is 8.26. The highest BCUT2D eigenvalue weighted by molar-refractivity contribution is 5.85. The van der Waals surface area contributed by atoms with Gasteiger partial charge in [0.1, 0.15) is 5.78 Å². The van der Waals surface area contributed by atoms with E-state index < -0.39 is 0 Å². The molecule has 3 rings (SSSR count). The lowest BCUT2D eigenvalue weighted by Crippen LogP contribution is -2.31. The first-order valence-corrected chi connectivity index (χ1v) is 10.8. The smallest absolute Gasteiger partial charge is 0.203 e. The van der Waals surface area contributed by atoms with Gasteiger partial charge >= 0.3 is 0 Å². The van der Waals surface area contributed by atoms with Gasteiger partial charge in [0.15, 0.2) is 11.5 Å². The summed E-state index contributed by atoms with van der Waals surface area (Å²) in [6.45, 7) is 6.49. The standard InChI is InChI=1S/C26H34O4/c1-16-10-11-19(18(3)17(16)2)14-20-8-7-9-21(24(20)27)15-22-12-13-23(28-4)26(30-6)25(22)29-5/h10-13,20-21H,7-9,14-15H2,1-6H3/t20-,21-/m0/s1. The van der Waals surface area contributed by atoms with Crippen LogP contribution < -0.4 is 14.2 Å². The molecular formula is C26H34O4. The fourth-order valence-corrected chi connectivity index (χ4v) is 4.72. The molecule has 0 radical (unpaired) electrons. The van der Waals surface area contributed by atoms with Gasteiger partial charge in [-0.1, -0.05) is 24.6 Å². The normalized spacial score (nSPS) is 18.9. The van der Waals surface area contributed by atoms with E-state index in [1.165, 1.54) is 22.3 Å². The van der Waals surface area contributed by atoms with Gasteiger partial charge in [-0.25, -0.2) is 0 Å². The third-order valence-electron chi connectivity index (χ3n) is 6.80. The van der Waals surface area contributed by atoms with Crippen LogP contribution in [0.5, 0.6) is 17.2 Å². The van der Waals surface area contributed by atoms with E-state index in [1.54, 1.807) is 21.3 Å². The molecule has 1 aliphatic rings. The molecular weight excluding hydrogens is 376 g/mol. The lowest BCUT2D eigenvalue weighted by Gasteiger charge is -2.29. The Morgan fingerprint density at radius 3 is 1.97 bits per heavy atom. The van der Waals surface area contributed by atoms with Gasteiger partial charge in [-0.2, -0.15) is 0 Å². The van der Waals surface area contributed by atoms with E-state index in [1.807, 2.05) is 12.1 Å². The van der Waals surface area contributed by atoms with Gasteiger partial charge in [-0.15, -0.1) is 0 Å². The average Bonchev–Trinajstić information content (AvgIpc) is 2.76. The highest BCUT2D eigenvalue weighted by Crippen LogP contribution is 2.42. The number of carbonyl (C=O) groups is 1. The van der Waals surface area contributed by atoms with Gasteiger partial charge in [-0.05, 0) is 80.3 Å². The van der Waals surface area contributed by atoms with Crippen molar-refractivity contribution in [3.63, 3.8) is 0 Å². The van der Waals surface area contributed by atoms with Crippen molar-refractivity contribution in [1.29, 1.82) is 0 Å². The second-order valence-electron chi connectivity index (χ2n) is 8.42. The van der Waals surface area contributed by atoms with Crippen LogP contribution in [0.3, 0.4) is 0 Å². The lowest BCUT2D eigenvalue weighted by molar-refractivity contribution is -0.129. The monoisotopic (exact) mass is 410 g/mol. The molecule has 0 N–H and O–H groups in total. The molecule has 0 bridgehead atoms. The zero-order valence-corrected chi connectivity index (χ0v) is 19.1. The molecule has 0 aromatic heterocycles. The van der Waals surface area contributed by atoms with Crippen LogP contribution in [0.1, 0.15) is 47.1 Å². The van der Waals surface area contributed by atoms with Gasteiger partial charge in [0, 0.05) is 11.8 Å².